The third kappa shape index (κ3) is 6.68. The van der Waals surface area contributed by atoms with Crippen LogP contribution in [-0.4, -0.2) is 29.0 Å². The maximum absolute atomic E-state index is 9.33. The van der Waals surface area contributed by atoms with Crippen molar-refractivity contribution in [2.24, 2.45) is 11.7 Å². The van der Waals surface area contributed by atoms with Gasteiger partial charge in [-0.3, -0.25) is 0 Å². The molecule has 26 heavy (non-hydrogen) atoms. The fourth-order valence-corrected chi connectivity index (χ4v) is 4.10. The summed E-state index contributed by atoms with van der Waals surface area (Å²) in [7, 11) is 0. The number of rotatable bonds is 12. The van der Waals surface area contributed by atoms with E-state index < -0.39 is 5.54 Å². The normalized spacial score (nSPS) is 17.3. The second-order valence-corrected chi connectivity index (χ2v) is 8.45. The molecule has 1 aliphatic rings. The van der Waals surface area contributed by atoms with Gasteiger partial charge in [0, 0.05) is 0 Å². The molecule has 3 heteroatoms. The van der Waals surface area contributed by atoms with Gasteiger partial charge in [0.15, 0.2) is 0 Å². The zero-order valence-electron chi connectivity index (χ0n) is 16.7. The third-order valence-corrected chi connectivity index (χ3v) is 6.11. The lowest BCUT2D eigenvalue weighted by atomic mass is 9.80. The quantitative estimate of drug-likeness (QED) is 0.490. The monoisotopic (exact) mass is 361 g/mol. The van der Waals surface area contributed by atoms with Gasteiger partial charge in [-0.05, 0) is 54.7 Å². The Bertz CT molecular complexity index is 525. The van der Waals surface area contributed by atoms with Crippen LogP contribution in [0.1, 0.15) is 81.4 Å². The van der Waals surface area contributed by atoms with Crippen molar-refractivity contribution in [3.63, 3.8) is 0 Å². The number of fused-ring (bicyclic) bond motifs is 1. The average Bonchev–Trinajstić information content (AvgIpc) is 2.68. The Kier molecular flexibility index (Phi) is 9.10. The van der Waals surface area contributed by atoms with Crippen LogP contribution in [0.25, 0.3) is 0 Å². The zero-order valence-corrected chi connectivity index (χ0v) is 16.7. The molecule has 0 radical (unpaired) electrons. The number of aliphatic hydroxyl groups excluding tert-OH is 2. The number of unbranched alkanes of at least 4 members (excludes halogenated alkanes) is 5. The summed E-state index contributed by atoms with van der Waals surface area (Å²) >= 11 is 0. The Morgan fingerprint density at radius 3 is 2.50 bits per heavy atom. The first-order chi connectivity index (χ1) is 12.6. The average molecular weight is 362 g/mol. The first kappa shape index (κ1) is 21.4. The summed E-state index contributed by atoms with van der Waals surface area (Å²) in [5, 5.41) is 18.7. The minimum atomic E-state index is -0.863. The van der Waals surface area contributed by atoms with Gasteiger partial charge < -0.3 is 15.9 Å². The van der Waals surface area contributed by atoms with Crippen LogP contribution < -0.4 is 5.73 Å². The van der Waals surface area contributed by atoms with Gasteiger partial charge in [0.05, 0.1) is 18.8 Å². The van der Waals surface area contributed by atoms with E-state index in [1.807, 2.05) is 0 Å². The van der Waals surface area contributed by atoms with E-state index in [4.69, 9.17) is 5.73 Å². The van der Waals surface area contributed by atoms with Gasteiger partial charge in [-0.15, -0.1) is 0 Å². The topological polar surface area (TPSA) is 66.5 Å². The molecule has 0 amide bonds. The fraction of sp³-hybridized carbons (Fsp3) is 0.739. The van der Waals surface area contributed by atoms with Crippen LogP contribution in [0.5, 0.6) is 0 Å². The van der Waals surface area contributed by atoms with Crippen LogP contribution in [0, 0.1) is 5.92 Å². The molecule has 0 aromatic heterocycles. The molecule has 1 aromatic rings. The summed E-state index contributed by atoms with van der Waals surface area (Å²) in [5.74, 6) is 0.861. The number of aryl methyl sites for hydroxylation is 2. The third-order valence-electron chi connectivity index (χ3n) is 6.11. The molecule has 0 fully saturated rings. The van der Waals surface area contributed by atoms with E-state index in [-0.39, 0.29) is 13.2 Å². The van der Waals surface area contributed by atoms with Crippen molar-refractivity contribution in [1.29, 1.82) is 0 Å². The van der Waals surface area contributed by atoms with E-state index in [9.17, 15) is 10.2 Å². The molecular formula is C23H39NO2. The molecule has 1 atom stereocenters. The van der Waals surface area contributed by atoms with Crippen LogP contribution in [0.4, 0.5) is 0 Å². The van der Waals surface area contributed by atoms with E-state index in [2.05, 4.69) is 25.1 Å². The predicted octanol–water partition coefficient (Wildman–Crippen LogP) is 4.16. The van der Waals surface area contributed by atoms with Crippen molar-refractivity contribution in [2.75, 3.05) is 13.2 Å². The Morgan fingerprint density at radius 1 is 1.04 bits per heavy atom. The van der Waals surface area contributed by atoms with Crippen molar-refractivity contribution >= 4 is 0 Å². The van der Waals surface area contributed by atoms with Crippen molar-refractivity contribution in [3.8, 4) is 0 Å². The molecule has 1 aliphatic carbocycles. The fourth-order valence-electron chi connectivity index (χ4n) is 4.10. The van der Waals surface area contributed by atoms with Crippen LogP contribution in [0.2, 0.25) is 0 Å². The highest BCUT2D eigenvalue weighted by Gasteiger charge is 2.23. The lowest BCUT2D eigenvalue weighted by Gasteiger charge is -2.26. The number of aliphatic hydroxyl groups is 2. The van der Waals surface area contributed by atoms with Crippen LogP contribution in [0.15, 0.2) is 18.2 Å². The van der Waals surface area contributed by atoms with Gasteiger partial charge >= 0.3 is 0 Å². The second kappa shape index (κ2) is 11.1. The van der Waals surface area contributed by atoms with Crippen molar-refractivity contribution < 1.29 is 10.2 Å². The molecule has 4 N–H and O–H groups in total. The van der Waals surface area contributed by atoms with Gasteiger partial charge in [0.2, 0.25) is 0 Å². The highest BCUT2D eigenvalue weighted by atomic mass is 16.3. The first-order valence-electron chi connectivity index (χ1n) is 10.7. The van der Waals surface area contributed by atoms with E-state index in [1.165, 1.54) is 80.9 Å². The van der Waals surface area contributed by atoms with Crippen molar-refractivity contribution in [1.82, 2.24) is 0 Å². The minimum absolute atomic E-state index is 0.172. The first-order valence-corrected chi connectivity index (χ1v) is 10.7. The Balaban J connectivity index is 1.78. The smallest absolute Gasteiger partial charge is 0.0633 e. The lowest BCUT2D eigenvalue weighted by molar-refractivity contribution is 0.115. The molecule has 0 bridgehead atoms. The standard InChI is InChI=1S/C23H39NO2/c1-2-3-4-5-6-7-8-19-9-11-22-16-20(10-12-21(22)15-19)13-14-23(24,17-25)18-26/h10,12,16,19,25-26H,2-9,11,13-15,17-18,24H2,1H3. The molecule has 148 valence electrons. The SMILES string of the molecule is CCCCCCCCC1CCc2cc(CCC(N)(CO)CO)ccc2C1. The number of hydrogen-bond donors (Lipinski definition) is 3. The molecule has 0 spiro atoms. The Morgan fingerprint density at radius 2 is 1.77 bits per heavy atom. The zero-order chi connectivity index (χ0) is 18.8. The lowest BCUT2D eigenvalue weighted by Crippen LogP contribution is -2.47. The summed E-state index contributed by atoms with van der Waals surface area (Å²) in [6.45, 7) is 1.93. The van der Waals surface area contributed by atoms with E-state index >= 15 is 0 Å². The van der Waals surface area contributed by atoms with E-state index in [0.717, 1.165) is 12.3 Å². The largest absolute Gasteiger partial charge is 0.394 e. The number of hydrogen-bond acceptors (Lipinski definition) is 3. The van der Waals surface area contributed by atoms with Crippen molar-refractivity contribution in [3.05, 3.63) is 34.9 Å². The summed E-state index contributed by atoms with van der Waals surface area (Å²) in [6.07, 6.45) is 14.9. The van der Waals surface area contributed by atoms with E-state index in [0.29, 0.717) is 6.42 Å². The maximum Gasteiger partial charge on any atom is 0.0633 e. The van der Waals surface area contributed by atoms with Gasteiger partial charge in [-0.2, -0.15) is 0 Å². The minimum Gasteiger partial charge on any atom is -0.394 e. The predicted molar refractivity (Wildman–Crippen MR) is 109 cm³/mol. The van der Waals surface area contributed by atoms with Gasteiger partial charge in [-0.25, -0.2) is 0 Å². The molecule has 0 saturated carbocycles. The molecule has 1 unspecified atom stereocenters. The van der Waals surface area contributed by atoms with Crippen LogP contribution in [0.3, 0.4) is 0 Å². The Hall–Kier alpha value is -0.900. The summed E-state index contributed by atoms with van der Waals surface area (Å²) in [4.78, 5) is 0. The highest BCUT2D eigenvalue weighted by Crippen LogP contribution is 2.30. The van der Waals surface area contributed by atoms with Gasteiger partial charge in [-0.1, -0.05) is 70.1 Å². The summed E-state index contributed by atoms with van der Waals surface area (Å²) in [6, 6.07) is 6.83. The molecule has 2 rings (SSSR count). The number of nitrogens with two attached hydrogens (primary N) is 1. The second-order valence-electron chi connectivity index (χ2n) is 8.45. The molecule has 3 nitrogen and oxygen atoms in total. The van der Waals surface area contributed by atoms with E-state index in [1.54, 1.807) is 0 Å². The molecule has 0 aliphatic heterocycles. The van der Waals surface area contributed by atoms with Crippen molar-refractivity contribution in [2.45, 2.75) is 89.5 Å². The summed E-state index contributed by atoms with van der Waals surface area (Å²) in [5.41, 5.74) is 9.42. The molecule has 0 saturated heterocycles. The van der Waals surface area contributed by atoms with Gasteiger partial charge in [0.1, 0.15) is 0 Å². The molecule has 1 aromatic carbocycles. The number of benzene rings is 1. The molecular weight excluding hydrogens is 322 g/mol. The van der Waals surface area contributed by atoms with Crippen LogP contribution in [-0.2, 0) is 19.3 Å². The van der Waals surface area contributed by atoms with Gasteiger partial charge in [0.25, 0.3) is 0 Å². The summed E-state index contributed by atoms with van der Waals surface area (Å²) < 4.78 is 0. The Labute approximate surface area is 160 Å². The van der Waals surface area contributed by atoms with Crippen LogP contribution >= 0.6 is 0 Å². The highest BCUT2D eigenvalue weighted by molar-refractivity contribution is 5.34. The molecule has 0 heterocycles. The maximum atomic E-state index is 9.33.